The van der Waals surface area contributed by atoms with Gasteiger partial charge in [0.15, 0.2) is 6.10 Å². The molecule has 3 aromatic rings. The third-order valence-electron chi connectivity index (χ3n) is 6.55. The summed E-state index contributed by atoms with van der Waals surface area (Å²) in [7, 11) is -2.32. The summed E-state index contributed by atoms with van der Waals surface area (Å²) in [4.78, 5) is 8.81. The van der Waals surface area contributed by atoms with E-state index in [1.54, 1.807) is 12.1 Å². The SMILES string of the molecule is CCS(=O)(CC)=Nc1cc(C)c2c(Nc3ccc(F)cc3O[C@@H]3CO[C@H]4[C@@H]3OC[C@H]4O)ncnc2c1. The molecule has 2 aromatic carbocycles. The van der Waals surface area contributed by atoms with Crippen molar-refractivity contribution < 1.29 is 27.9 Å². The topological polar surface area (TPSA) is 115 Å². The summed E-state index contributed by atoms with van der Waals surface area (Å²) in [5.41, 5.74) is 2.61. The van der Waals surface area contributed by atoms with Gasteiger partial charge in [0.05, 0.1) is 39.8 Å². The lowest BCUT2D eigenvalue weighted by Crippen LogP contribution is -2.34. The Labute approximate surface area is 209 Å². The lowest BCUT2D eigenvalue weighted by molar-refractivity contribution is 0.00871. The van der Waals surface area contributed by atoms with Gasteiger partial charge < -0.3 is 24.6 Å². The third-order valence-corrected chi connectivity index (χ3v) is 8.90. The second-order valence-electron chi connectivity index (χ2n) is 8.91. The average Bonchev–Trinajstić information content (AvgIpc) is 3.43. The number of anilines is 2. The molecule has 2 aliphatic rings. The van der Waals surface area contributed by atoms with E-state index in [2.05, 4.69) is 19.6 Å². The first-order chi connectivity index (χ1) is 17.3. The Morgan fingerprint density at radius 1 is 1.17 bits per heavy atom. The zero-order chi connectivity index (χ0) is 25.4. The van der Waals surface area contributed by atoms with Crippen LogP contribution in [-0.4, -0.2) is 68.4 Å². The van der Waals surface area contributed by atoms with Crippen LogP contribution >= 0.6 is 0 Å². The minimum atomic E-state index is -2.32. The monoisotopic (exact) mass is 516 g/mol. The molecule has 0 aliphatic carbocycles. The molecule has 2 N–H and O–H groups in total. The van der Waals surface area contributed by atoms with Crippen LogP contribution < -0.4 is 10.1 Å². The smallest absolute Gasteiger partial charge is 0.151 e. The van der Waals surface area contributed by atoms with Gasteiger partial charge in [0, 0.05) is 23.0 Å². The van der Waals surface area contributed by atoms with Crippen LogP contribution in [-0.2, 0) is 19.2 Å². The van der Waals surface area contributed by atoms with Crippen LogP contribution in [0.5, 0.6) is 5.75 Å². The van der Waals surface area contributed by atoms with Crippen LogP contribution in [0.1, 0.15) is 19.4 Å². The van der Waals surface area contributed by atoms with E-state index in [0.717, 1.165) is 10.9 Å². The van der Waals surface area contributed by atoms with Gasteiger partial charge in [0.1, 0.15) is 42.0 Å². The number of ether oxygens (including phenoxy) is 3. The number of nitrogens with zero attached hydrogens (tertiary/aromatic N) is 3. The molecule has 2 aliphatic heterocycles. The number of aromatic nitrogens is 2. The number of aryl methyl sites for hydroxylation is 1. The van der Waals surface area contributed by atoms with Crippen molar-refractivity contribution in [3.8, 4) is 5.75 Å². The van der Waals surface area contributed by atoms with Gasteiger partial charge in [-0.1, -0.05) is 13.8 Å². The summed E-state index contributed by atoms with van der Waals surface area (Å²) in [6, 6.07) is 7.86. The molecule has 0 bridgehead atoms. The van der Waals surface area contributed by atoms with Gasteiger partial charge in [-0.25, -0.2) is 18.6 Å². The van der Waals surface area contributed by atoms with Crippen molar-refractivity contribution in [3.05, 3.63) is 48.0 Å². The van der Waals surface area contributed by atoms with Gasteiger partial charge in [-0.05, 0) is 36.8 Å². The molecule has 0 amide bonds. The number of rotatable bonds is 7. The molecule has 0 spiro atoms. The first-order valence-electron chi connectivity index (χ1n) is 11.9. The van der Waals surface area contributed by atoms with Crippen LogP contribution in [0.25, 0.3) is 10.9 Å². The van der Waals surface area contributed by atoms with Gasteiger partial charge in [-0.2, -0.15) is 4.36 Å². The fourth-order valence-corrected chi connectivity index (χ4v) is 5.73. The number of nitrogens with one attached hydrogen (secondary N) is 1. The maximum Gasteiger partial charge on any atom is 0.151 e. The maximum atomic E-state index is 14.2. The second kappa shape index (κ2) is 9.89. The fourth-order valence-electron chi connectivity index (χ4n) is 4.58. The van der Waals surface area contributed by atoms with E-state index < -0.39 is 40.0 Å². The molecule has 192 valence electrons. The highest BCUT2D eigenvalue weighted by Crippen LogP contribution is 2.36. The molecular formula is C25H29FN4O5S. The first-order valence-corrected chi connectivity index (χ1v) is 13.8. The minimum Gasteiger partial charge on any atom is -0.483 e. The predicted molar refractivity (Wildman–Crippen MR) is 135 cm³/mol. The molecule has 2 saturated heterocycles. The summed E-state index contributed by atoms with van der Waals surface area (Å²) < 4.78 is 48.9. The predicted octanol–water partition coefficient (Wildman–Crippen LogP) is 3.87. The molecule has 0 saturated carbocycles. The van der Waals surface area contributed by atoms with Crippen LogP contribution in [0.15, 0.2) is 41.0 Å². The molecule has 1 aromatic heterocycles. The summed E-state index contributed by atoms with van der Waals surface area (Å²) >= 11 is 0. The molecule has 0 unspecified atom stereocenters. The fraction of sp³-hybridized carbons (Fsp3) is 0.440. The summed E-state index contributed by atoms with van der Waals surface area (Å²) in [6.07, 6.45) is -0.652. The van der Waals surface area contributed by atoms with Crippen molar-refractivity contribution in [2.24, 2.45) is 4.36 Å². The van der Waals surface area contributed by atoms with E-state index in [0.29, 0.717) is 34.2 Å². The van der Waals surface area contributed by atoms with Gasteiger partial charge in [-0.15, -0.1) is 0 Å². The van der Waals surface area contributed by atoms with Crippen molar-refractivity contribution >= 4 is 37.8 Å². The van der Waals surface area contributed by atoms with E-state index in [1.165, 1.54) is 18.5 Å². The Hall–Kier alpha value is -2.86. The van der Waals surface area contributed by atoms with Crippen molar-refractivity contribution in [1.29, 1.82) is 0 Å². The Balaban J connectivity index is 1.48. The number of hydrogen-bond donors (Lipinski definition) is 2. The molecule has 2 fully saturated rings. The van der Waals surface area contributed by atoms with Gasteiger partial charge in [0.25, 0.3) is 0 Å². The first kappa shape index (κ1) is 24.8. The number of fused-ring (bicyclic) bond motifs is 2. The standard InChI is InChI=1S/C25H29FN4O5S/c1-4-36(32,5-2)30-16-8-14(3)22-18(10-16)27-13-28-25(22)29-17-7-6-15(26)9-20(17)35-21-12-34-23-19(31)11-33-24(21)23/h6-10,13,19,21,23-24,31H,4-5,11-12H2,1-3H3,(H,27,28,29)/t19-,21-,23-,24-/m1/s1. The summed E-state index contributed by atoms with van der Waals surface area (Å²) in [5, 5.41) is 14.0. The van der Waals surface area contributed by atoms with Crippen molar-refractivity contribution in [2.45, 2.75) is 45.2 Å². The highest BCUT2D eigenvalue weighted by Gasteiger charge is 2.48. The number of benzene rings is 2. The number of aliphatic hydroxyl groups is 1. The molecule has 9 nitrogen and oxygen atoms in total. The molecule has 0 radical (unpaired) electrons. The van der Waals surface area contributed by atoms with Crippen LogP contribution in [0.2, 0.25) is 0 Å². The zero-order valence-corrected chi connectivity index (χ0v) is 21.1. The number of aliphatic hydroxyl groups excluding tert-OH is 1. The Kier molecular flexibility index (Phi) is 6.82. The van der Waals surface area contributed by atoms with Gasteiger partial charge in [-0.3, -0.25) is 0 Å². The van der Waals surface area contributed by atoms with Crippen molar-refractivity contribution in [1.82, 2.24) is 9.97 Å². The number of hydrogen-bond acceptors (Lipinski definition) is 9. The molecule has 4 atom stereocenters. The molecule has 3 heterocycles. The largest absolute Gasteiger partial charge is 0.483 e. The maximum absolute atomic E-state index is 14.2. The van der Waals surface area contributed by atoms with Gasteiger partial charge >= 0.3 is 0 Å². The van der Waals surface area contributed by atoms with E-state index in [-0.39, 0.29) is 19.0 Å². The van der Waals surface area contributed by atoms with E-state index in [4.69, 9.17) is 14.2 Å². The van der Waals surface area contributed by atoms with Crippen LogP contribution in [0, 0.1) is 12.7 Å². The summed E-state index contributed by atoms with van der Waals surface area (Å²) in [5.74, 6) is 1.28. The highest BCUT2D eigenvalue weighted by atomic mass is 32.2. The normalized spacial score (nSPS) is 23.6. The minimum absolute atomic E-state index is 0.176. The van der Waals surface area contributed by atoms with Crippen LogP contribution in [0.4, 0.5) is 21.6 Å². The third kappa shape index (κ3) is 4.75. The number of halogens is 1. The van der Waals surface area contributed by atoms with E-state index in [9.17, 15) is 13.7 Å². The van der Waals surface area contributed by atoms with Gasteiger partial charge in [0.2, 0.25) is 0 Å². The van der Waals surface area contributed by atoms with E-state index >= 15 is 0 Å². The second-order valence-corrected chi connectivity index (χ2v) is 11.8. The zero-order valence-electron chi connectivity index (χ0n) is 20.3. The molecule has 11 heteroatoms. The van der Waals surface area contributed by atoms with Crippen molar-refractivity contribution in [3.63, 3.8) is 0 Å². The molecular weight excluding hydrogens is 487 g/mol. The highest BCUT2D eigenvalue weighted by molar-refractivity contribution is 7.93. The lowest BCUT2D eigenvalue weighted by atomic mass is 10.1. The Bertz CT molecular complexity index is 1400. The molecule has 36 heavy (non-hydrogen) atoms. The Morgan fingerprint density at radius 3 is 2.72 bits per heavy atom. The van der Waals surface area contributed by atoms with Crippen molar-refractivity contribution in [2.75, 3.05) is 30.0 Å². The quantitative estimate of drug-likeness (QED) is 0.486. The summed E-state index contributed by atoms with van der Waals surface area (Å²) in [6.45, 7) is 6.05. The lowest BCUT2D eigenvalue weighted by Gasteiger charge is -2.21. The molecule has 5 rings (SSSR count). The van der Waals surface area contributed by atoms with Crippen LogP contribution in [0.3, 0.4) is 0 Å². The Morgan fingerprint density at radius 2 is 1.94 bits per heavy atom. The van der Waals surface area contributed by atoms with E-state index in [1.807, 2.05) is 26.8 Å². The average molecular weight is 517 g/mol.